The fourth-order valence-corrected chi connectivity index (χ4v) is 4.07. The van der Waals surface area contributed by atoms with Crippen LogP contribution in [0, 0.1) is 0 Å². The summed E-state index contributed by atoms with van der Waals surface area (Å²) in [6.45, 7) is -0.178. The smallest absolute Gasteiger partial charge is 0.439 e. The second kappa shape index (κ2) is 8.86. The fraction of sp³-hybridized carbons (Fsp3) is 0.150. The molecule has 0 fully saturated rings. The molecular formula is C20H14ClF2N3O4S. The standard InChI is InChI=1S/C20H14ClF2N3O4S/c1-28-11-7-5-10(6-8-11)19-24-16(17(22)23)14(31-19)9-29-13-4-2-3-12(21)15(13)18-25-20(27)30-26-18/h2-8,17H,9H2,1H3,(H,25,26,27). The van der Waals surface area contributed by atoms with Crippen LogP contribution < -0.4 is 15.2 Å². The lowest BCUT2D eigenvalue weighted by molar-refractivity contribution is 0.144. The Morgan fingerprint density at radius 3 is 2.65 bits per heavy atom. The number of benzene rings is 2. The van der Waals surface area contributed by atoms with E-state index in [9.17, 15) is 13.6 Å². The van der Waals surface area contributed by atoms with Gasteiger partial charge in [0.1, 0.15) is 28.8 Å². The van der Waals surface area contributed by atoms with Gasteiger partial charge >= 0.3 is 5.76 Å². The van der Waals surface area contributed by atoms with Crippen molar-refractivity contribution in [3.05, 3.63) is 68.6 Å². The van der Waals surface area contributed by atoms with Gasteiger partial charge in [-0.25, -0.2) is 18.6 Å². The van der Waals surface area contributed by atoms with E-state index >= 15 is 0 Å². The SMILES string of the molecule is COc1ccc(-c2nc(C(F)F)c(COc3cccc(Cl)c3-c3noc(=O)[nH]3)s2)cc1. The van der Waals surface area contributed by atoms with Gasteiger partial charge in [-0.1, -0.05) is 22.8 Å². The quantitative estimate of drug-likeness (QED) is 0.396. The minimum atomic E-state index is -2.77. The van der Waals surface area contributed by atoms with Crippen LogP contribution in [0.25, 0.3) is 22.0 Å². The molecule has 160 valence electrons. The third-order valence-corrected chi connectivity index (χ3v) is 5.69. The molecule has 0 unspecified atom stereocenters. The third kappa shape index (κ3) is 4.44. The highest BCUT2D eigenvalue weighted by Gasteiger charge is 2.22. The Morgan fingerprint density at radius 2 is 2.00 bits per heavy atom. The van der Waals surface area contributed by atoms with Crippen LogP contribution in [-0.2, 0) is 6.61 Å². The minimum Gasteiger partial charge on any atom is -0.497 e. The third-order valence-electron chi connectivity index (χ3n) is 4.28. The first-order chi connectivity index (χ1) is 15.0. The zero-order valence-corrected chi connectivity index (χ0v) is 17.5. The number of hydrogen-bond donors (Lipinski definition) is 1. The van der Waals surface area contributed by atoms with E-state index in [0.717, 1.165) is 11.3 Å². The Kier molecular flexibility index (Phi) is 6.01. The number of aromatic amines is 1. The van der Waals surface area contributed by atoms with Crippen molar-refractivity contribution in [2.24, 2.45) is 0 Å². The topological polar surface area (TPSA) is 90.2 Å². The molecule has 0 bridgehead atoms. The number of alkyl halides is 2. The molecule has 0 aliphatic carbocycles. The summed E-state index contributed by atoms with van der Waals surface area (Å²) < 4.78 is 42.6. The maximum absolute atomic E-state index is 13.6. The molecule has 31 heavy (non-hydrogen) atoms. The molecule has 7 nitrogen and oxygen atoms in total. The van der Waals surface area contributed by atoms with Crippen molar-refractivity contribution in [1.82, 2.24) is 15.1 Å². The summed E-state index contributed by atoms with van der Waals surface area (Å²) in [6, 6.07) is 11.7. The van der Waals surface area contributed by atoms with E-state index in [1.54, 1.807) is 49.6 Å². The summed E-state index contributed by atoms with van der Waals surface area (Å²) in [5, 5.41) is 4.30. The number of methoxy groups -OCH3 is 1. The first-order valence-electron chi connectivity index (χ1n) is 8.86. The van der Waals surface area contributed by atoms with Crippen LogP contribution in [0.2, 0.25) is 5.02 Å². The zero-order valence-electron chi connectivity index (χ0n) is 15.9. The molecule has 2 aromatic carbocycles. The molecule has 2 aromatic heterocycles. The van der Waals surface area contributed by atoms with Crippen LogP contribution in [-0.4, -0.2) is 22.2 Å². The van der Waals surface area contributed by atoms with Gasteiger partial charge in [0.2, 0.25) is 0 Å². The summed E-state index contributed by atoms with van der Waals surface area (Å²) >= 11 is 7.32. The van der Waals surface area contributed by atoms with Gasteiger partial charge in [-0.3, -0.25) is 9.51 Å². The number of halogens is 3. The van der Waals surface area contributed by atoms with Crippen LogP contribution in [0.3, 0.4) is 0 Å². The minimum absolute atomic E-state index is 0.0721. The van der Waals surface area contributed by atoms with Gasteiger partial charge in [-0.05, 0) is 36.4 Å². The molecular weight excluding hydrogens is 452 g/mol. The van der Waals surface area contributed by atoms with Crippen LogP contribution in [0.1, 0.15) is 17.0 Å². The fourth-order valence-electron chi connectivity index (χ4n) is 2.83. The maximum Gasteiger partial charge on any atom is 0.439 e. The number of H-pyrrole nitrogens is 1. The molecule has 4 rings (SSSR count). The summed E-state index contributed by atoms with van der Waals surface area (Å²) in [5.74, 6) is 0.212. The van der Waals surface area contributed by atoms with E-state index in [1.165, 1.54) is 0 Å². The van der Waals surface area contributed by atoms with Crippen molar-refractivity contribution in [3.8, 4) is 33.5 Å². The average molecular weight is 466 g/mol. The Balaban J connectivity index is 1.64. The first kappa shape index (κ1) is 21.0. The largest absolute Gasteiger partial charge is 0.497 e. The molecule has 4 aromatic rings. The van der Waals surface area contributed by atoms with Crippen molar-refractivity contribution >= 4 is 22.9 Å². The van der Waals surface area contributed by atoms with E-state index in [4.69, 9.17) is 21.1 Å². The lowest BCUT2D eigenvalue weighted by Gasteiger charge is -2.10. The monoisotopic (exact) mass is 465 g/mol. The number of ether oxygens (including phenoxy) is 2. The highest BCUT2D eigenvalue weighted by Crippen LogP contribution is 2.37. The lowest BCUT2D eigenvalue weighted by atomic mass is 10.2. The second-order valence-electron chi connectivity index (χ2n) is 6.20. The van der Waals surface area contributed by atoms with Gasteiger partial charge in [-0.15, -0.1) is 11.3 Å². The number of rotatable bonds is 7. The number of nitrogens with one attached hydrogen (secondary N) is 1. The van der Waals surface area contributed by atoms with Gasteiger partial charge in [0.25, 0.3) is 6.43 Å². The molecule has 0 saturated carbocycles. The highest BCUT2D eigenvalue weighted by molar-refractivity contribution is 7.15. The Labute approximate surface area is 183 Å². The molecule has 0 saturated heterocycles. The summed E-state index contributed by atoms with van der Waals surface area (Å²) in [5.41, 5.74) is 0.616. The Hall–Kier alpha value is -3.24. The van der Waals surface area contributed by atoms with E-state index in [2.05, 4.69) is 19.6 Å². The van der Waals surface area contributed by atoms with E-state index in [1.807, 2.05) is 0 Å². The van der Waals surface area contributed by atoms with Gasteiger partial charge in [0.15, 0.2) is 5.82 Å². The van der Waals surface area contributed by atoms with Crippen molar-refractivity contribution in [1.29, 1.82) is 0 Å². The van der Waals surface area contributed by atoms with Crippen molar-refractivity contribution in [2.45, 2.75) is 13.0 Å². The van der Waals surface area contributed by atoms with Crippen molar-refractivity contribution in [2.75, 3.05) is 7.11 Å². The first-order valence-corrected chi connectivity index (χ1v) is 10.1. The normalized spacial score (nSPS) is 11.1. The van der Waals surface area contributed by atoms with Crippen LogP contribution in [0.4, 0.5) is 8.78 Å². The number of thiazole rings is 1. The predicted molar refractivity (Wildman–Crippen MR) is 111 cm³/mol. The Morgan fingerprint density at radius 1 is 1.23 bits per heavy atom. The number of aromatic nitrogens is 3. The van der Waals surface area contributed by atoms with Gasteiger partial charge in [0.05, 0.1) is 22.6 Å². The van der Waals surface area contributed by atoms with Crippen LogP contribution in [0.15, 0.2) is 51.8 Å². The maximum atomic E-state index is 13.6. The molecule has 0 aliphatic rings. The van der Waals surface area contributed by atoms with E-state index in [-0.39, 0.29) is 39.3 Å². The number of nitrogens with zero attached hydrogens (tertiary/aromatic N) is 2. The highest BCUT2D eigenvalue weighted by atomic mass is 35.5. The molecule has 0 radical (unpaired) electrons. The van der Waals surface area contributed by atoms with Gasteiger partial charge in [0, 0.05) is 5.56 Å². The van der Waals surface area contributed by atoms with Crippen LogP contribution >= 0.6 is 22.9 Å². The predicted octanol–water partition coefficient (Wildman–Crippen LogP) is 5.33. The summed E-state index contributed by atoms with van der Waals surface area (Å²) in [7, 11) is 1.54. The zero-order chi connectivity index (χ0) is 22.0. The second-order valence-corrected chi connectivity index (χ2v) is 7.69. The van der Waals surface area contributed by atoms with Gasteiger partial charge in [-0.2, -0.15) is 0 Å². The summed E-state index contributed by atoms with van der Waals surface area (Å²) in [4.78, 5) is 18.1. The van der Waals surface area contributed by atoms with E-state index < -0.39 is 12.2 Å². The lowest BCUT2D eigenvalue weighted by Crippen LogP contribution is -2.01. The molecule has 1 N–H and O–H groups in total. The average Bonchev–Trinajstić information content (AvgIpc) is 3.39. The molecule has 0 amide bonds. The molecule has 0 spiro atoms. The Bertz CT molecular complexity index is 1250. The van der Waals surface area contributed by atoms with Gasteiger partial charge < -0.3 is 9.47 Å². The van der Waals surface area contributed by atoms with Crippen LogP contribution in [0.5, 0.6) is 11.5 Å². The molecule has 2 heterocycles. The van der Waals surface area contributed by atoms with Crippen molar-refractivity contribution in [3.63, 3.8) is 0 Å². The van der Waals surface area contributed by atoms with Crippen molar-refractivity contribution < 1.29 is 22.8 Å². The molecule has 0 aliphatic heterocycles. The summed E-state index contributed by atoms with van der Waals surface area (Å²) in [6.07, 6.45) is -2.77. The molecule has 0 atom stereocenters. The molecule has 11 heteroatoms. The van der Waals surface area contributed by atoms with E-state index in [0.29, 0.717) is 16.3 Å². The number of hydrogen-bond acceptors (Lipinski definition) is 7.